The lowest BCUT2D eigenvalue weighted by molar-refractivity contribution is 0.102. The minimum atomic E-state index is -0.145. The van der Waals surface area contributed by atoms with Crippen molar-refractivity contribution in [2.24, 2.45) is 0 Å². The van der Waals surface area contributed by atoms with E-state index in [0.717, 1.165) is 15.9 Å². The normalized spacial score (nSPS) is 10.6. The van der Waals surface area contributed by atoms with Crippen molar-refractivity contribution in [1.29, 1.82) is 0 Å². The SMILES string of the molecule is CNc1ccc(C(=O)Nc2nc3ccc(C)cc3s2)cc1. The molecule has 0 aliphatic rings. The Morgan fingerprint density at radius 1 is 1.14 bits per heavy atom. The summed E-state index contributed by atoms with van der Waals surface area (Å²) in [5.41, 5.74) is 3.68. The zero-order valence-electron chi connectivity index (χ0n) is 11.8. The van der Waals surface area contributed by atoms with Crippen LogP contribution >= 0.6 is 11.3 Å². The van der Waals surface area contributed by atoms with Gasteiger partial charge in [-0.3, -0.25) is 10.1 Å². The Kier molecular flexibility index (Phi) is 3.58. The third-order valence-electron chi connectivity index (χ3n) is 3.20. The Morgan fingerprint density at radius 2 is 1.90 bits per heavy atom. The molecule has 1 aromatic heterocycles. The molecule has 0 spiro atoms. The summed E-state index contributed by atoms with van der Waals surface area (Å²) in [5.74, 6) is -0.145. The Bertz CT molecular complexity index is 793. The number of fused-ring (bicyclic) bond motifs is 1. The lowest BCUT2D eigenvalue weighted by Crippen LogP contribution is -2.11. The highest BCUT2D eigenvalue weighted by Crippen LogP contribution is 2.27. The second-order valence-electron chi connectivity index (χ2n) is 4.77. The van der Waals surface area contributed by atoms with Gasteiger partial charge in [-0.25, -0.2) is 4.98 Å². The quantitative estimate of drug-likeness (QED) is 0.771. The molecule has 4 nitrogen and oxygen atoms in total. The van der Waals surface area contributed by atoms with Crippen LogP contribution in [0, 0.1) is 6.92 Å². The van der Waals surface area contributed by atoms with E-state index >= 15 is 0 Å². The van der Waals surface area contributed by atoms with E-state index in [4.69, 9.17) is 0 Å². The van der Waals surface area contributed by atoms with Crippen LogP contribution < -0.4 is 10.6 Å². The molecule has 0 aliphatic carbocycles. The molecule has 106 valence electrons. The number of nitrogens with zero attached hydrogens (tertiary/aromatic N) is 1. The summed E-state index contributed by atoms with van der Waals surface area (Å²) in [7, 11) is 1.85. The number of hydrogen-bond acceptors (Lipinski definition) is 4. The molecule has 2 aromatic carbocycles. The first-order valence-electron chi connectivity index (χ1n) is 6.62. The molecule has 0 fully saturated rings. The van der Waals surface area contributed by atoms with E-state index in [9.17, 15) is 4.79 Å². The van der Waals surface area contributed by atoms with Crippen molar-refractivity contribution in [1.82, 2.24) is 4.98 Å². The van der Waals surface area contributed by atoms with Gasteiger partial charge in [-0.05, 0) is 48.9 Å². The number of aryl methyl sites for hydroxylation is 1. The molecule has 0 radical (unpaired) electrons. The lowest BCUT2D eigenvalue weighted by Gasteiger charge is -2.03. The summed E-state index contributed by atoms with van der Waals surface area (Å²) >= 11 is 1.49. The maximum atomic E-state index is 12.2. The number of carbonyl (C=O) groups excluding carboxylic acids is 1. The maximum absolute atomic E-state index is 12.2. The van der Waals surface area contributed by atoms with Crippen LogP contribution in [0.25, 0.3) is 10.2 Å². The highest BCUT2D eigenvalue weighted by Gasteiger charge is 2.09. The van der Waals surface area contributed by atoms with Crippen LogP contribution in [0.3, 0.4) is 0 Å². The summed E-state index contributed by atoms with van der Waals surface area (Å²) in [6.45, 7) is 2.04. The lowest BCUT2D eigenvalue weighted by atomic mass is 10.2. The Morgan fingerprint density at radius 3 is 2.62 bits per heavy atom. The summed E-state index contributed by atoms with van der Waals surface area (Å²) in [5, 5.41) is 6.50. The number of hydrogen-bond donors (Lipinski definition) is 2. The Labute approximate surface area is 126 Å². The second kappa shape index (κ2) is 5.54. The first-order valence-corrected chi connectivity index (χ1v) is 7.44. The molecule has 1 amide bonds. The van der Waals surface area contributed by atoms with Gasteiger partial charge in [0.15, 0.2) is 5.13 Å². The average molecular weight is 297 g/mol. The summed E-state index contributed by atoms with van der Waals surface area (Å²) in [6, 6.07) is 13.4. The number of rotatable bonds is 3. The van der Waals surface area contributed by atoms with Gasteiger partial charge < -0.3 is 5.32 Å². The van der Waals surface area contributed by atoms with Gasteiger partial charge in [-0.1, -0.05) is 17.4 Å². The maximum Gasteiger partial charge on any atom is 0.257 e. The fraction of sp³-hybridized carbons (Fsp3) is 0.125. The Hall–Kier alpha value is -2.40. The predicted molar refractivity (Wildman–Crippen MR) is 88.3 cm³/mol. The Balaban J connectivity index is 1.81. The summed E-state index contributed by atoms with van der Waals surface area (Å²) in [4.78, 5) is 16.6. The summed E-state index contributed by atoms with van der Waals surface area (Å²) in [6.07, 6.45) is 0. The number of carbonyl (C=O) groups is 1. The molecule has 21 heavy (non-hydrogen) atoms. The minimum Gasteiger partial charge on any atom is -0.388 e. The van der Waals surface area contributed by atoms with Crippen molar-refractivity contribution in [2.45, 2.75) is 6.92 Å². The molecule has 0 saturated heterocycles. The zero-order chi connectivity index (χ0) is 14.8. The molecule has 3 rings (SSSR count). The van der Waals surface area contributed by atoms with E-state index in [1.54, 1.807) is 12.1 Å². The zero-order valence-corrected chi connectivity index (χ0v) is 12.6. The van der Waals surface area contributed by atoms with Crippen LogP contribution in [0.4, 0.5) is 10.8 Å². The fourth-order valence-corrected chi connectivity index (χ4v) is 3.00. The van der Waals surface area contributed by atoms with Crippen molar-refractivity contribution >= 4 is 38.3 Å². The van der Waals surface area contributed by atoms with Gasteiger partial charge in [-0.15, -0.1) is 0 Å². The molecule has 0 aliphatic heterocycles. The van der Waals surface area contributed by atoms with Crippen molar-refractivity contribution in [3.8, 4) is 0 Å². The standard InChI is InChI=1S/C16H15N3OS/c1-10-3-8-13-14(9-10)21-16(18-13)19-15(20)11-4-6-12(17-2)7-5-11/h3-9,17H,1-2H3,(H,18,19,20). The first kappa shape index (κ1) is 13.6. The third kappa shape index (κ3) is 2.87. The number of aromatic nitrogens is 1. The van der Waals surface area contributed by atoms with Crippen LogP contribution in [0.1, 0.15) is 15.9 Å². The monoisotopic (exact) mass is 297 g/mol. The predicted octanol–water partition coefficient (Wildman–Crippen LogP) is 3.90. The third-order valence-corrected chi connectivity index (χ3v) is 4.13. The smallest absolute Gasteiger partial charge is 0.257 e. The van der Waals surface area contributed by atoms with Gasteiger partial charge in [0.25, 0.3) is 5.91 Å². The molecule has 3 aromatic rings. The van der Waals surface area contributed by atoms with Crippen LogP contribution in [0.5, 0.6) is 0 Å². The van der Waals surface area contributed by atoms with E-state index in [0.29, 0.717) is 10.7 Å². The first-order chi connectivity index (χ1) is 10.2. The summed E-state index contributed by atoms with van der Waals surface area (Å²) < 4.78 is 1.08. The molecule has 0 atom stereocenters. The molecule has 0 bridgehead atoms. The molecular formula is C16H15N3OS. The highest BCUT2D eigenvalue weighted by atomic mass is 32.1. The van der Waals surface area contributed by atoms with Crippen molar-refractivity contribution in [3.05, 3.63) is 53.6 Å². The van der Waals surface area contributed by atoms with Gasteiger partial charge in [0, 0.05) is 18.3 Å². The van der Waals surface area contributed by atoms with Gasteiger partial charge >= 0.3 is 0 Å². The van der Waals surface area contributed by atoms with E-state index in [1.807, 2.05) is 38.2 Å². The van der Waals surface area contributed by atoms with E-state index in [2.05, 4.69) is 21.7 Å². The number of nitrogens with one attached hydrogen (secondary N) is 2. The van der Waals surface area contributed by atoms with Crippen LogP contribution in [0.2, 0.25) is 0 Å². The van der Waals surface area contributed by atoms with E-state index in [1.165, 1.54) is 16.9 Å². The van der Waals surface area contributed by atoms with Crippen molar-refractivity contribution in [2.75, 3.05) is 17.7 Å². The second-order valence-corrected chi connectivity index (χ2v) is 5.80. The molecule has 0 saturated carbocycles. The molecule has 5 heteroatoms. The van der Waals surface area contributed by atoms with Gasteiger partial charge in [0.2, 0.25) is 0 Å². The van der Waals surface area contributed by atoms with Gasteiger partial charge in [-0.2, -0.15) is 0 Å². The van der Waals surface area contributed by atoms with Gasteiger partial charge in [0.1, 0.15) is 0 Å². The van der Waals surface area contributed by atoms with Gasteiger partial charge in [0.05, 0.1) is 10.2 Å². The molecule has 2 N–H and O–H groups in total. The fourth-order valence-electron chi connectivity index (χ4n) is 2.04. The van der Waals surface area contributed by atoms with E-state index in [-0.39, 0.29) is 5.91 Å². The number of amides is 1. The number of benzene rings is 2. The van der Waals surface area contributed by atoms with Crippen LogP contribution in [-0.4, -0.2) is 17.9 Å². The average Bonchev–Trinajstić information content (AvgIpc) is 2.88. The van der Waals surface area contributed by atoms with Crippen LogP contribution in [0.15, 0.2) is 42.5 Å². The molecular weight excluding hydrogens is 282 g/mol. The molecule has 0 unspecified atom stereocenters. The van der Waals surface area contributed by atoms with Crippen molar-refractivity contribution in [3.63, 3.8) is 0 Å². The van der Waals surface area contributed by atoms with Crippen molar-refractivity contribution < 1.29 is 4.79 Å². The topological polar surface area (TPSA) is 54.0 Å². The minimum absolute atomic E-state index is 0.145. The highest BCUT2D eigenvalue weighted by molar-refractivity contribution is 7.22. The number of anilines is 2. The van der Waals surface area contributed by atoms with Crippen LogP contribution in [-0.2, 0) is 0 Å². The molecule has 1 heterocycles. The number of thiazole rings is 1. The van der Waals surface area contributed by atoms with E-state index < -0.39 is 0 Å². The largest absolute Gasteiger partial charge is 0.388 e.